The number of aryl methyl sites for hydroxylation is 1. The third-order valence-corrected chi connectivity index (χ3v) is 6.38. The molecule has 9 heteroatoms. The Hall–Kier alpha value is -2.55. The highest BCUT2D eigenvalue weighted by molar-refractivity contribution is 8.26. The average Bonchev–Trinajstić information content (AvgIpc) is 3.01. The largest absolute Gasteiger partial charge is 0.493 e. The second-order valence-corrected chi connectivity index (χ2v) is 9.27. The van der Waals surface area contributed by atoms with Crippen molar-refractivity contribution < 1.29 is 19.1 Å². The lowest BCUT2D eigenvalue weighted by Crippen LogP contribution is -2.44. The van der Waals surface area contributed by atoms with Gasteiger partial charge in [0.05, 0.1) is 28.7 Å². The first-order valence-electron chi connectivity index (χ1n) is 9.93. The Bertz CT molecular complexity index is 1100. The monoisotopic (exact) mass is 490 g/mol. The fourth-order valence-electron chi connectivity index (χ4n) is 2.85. The molecule has 2 aromatic rings. The minimum Gasteiger partial charge on any atom is -0.493 e. The fourth-order valence-corrected chi connectivity index (χ4v) is 4.35. The van der Waals surface area contributed by atoms with Gasteiger partial charge in [-0.2, -0.15) is 5.01 Å². The molecular weight excluding hydrogens is 468 g/mol. The van der Waals surface area contributed by atoms with Gasteiger partial charge in [-0.25, -0.2) is 0 Å². The fraction of sp³-hybridized carbons (Fsp3) is 0.261. The highest BCUT2D eigenvalue weighted by Crippen LogP contribution is 2.34. The van der Waals surface area contributed by atoms with E-state index in [1.807, 2.05) is 26.8 Å². The molecule has 0 saturated carbocycles. The molecule has 6 nitrogen and oxygen atoms in total. The molecule has 1 saturated heterocycles. The molecule has 0 aromatic heterocycles. The lowest BCUT2D eigenvalue weighted by Gasteiger charge is -2.16. The molecular formula is C23H23ClN2O4S2. The molecule has 0 spiro atoms. The first-order valence-corrected chi connectivity index (χ1v) is 11.5. The van der Waals surface area contributed by atoms with Gasteiger partial charge in [0.1, 0.15) is 0 Å². The minimum absolute atomic E-state index is 0.0525. The number of nitrogens with one attached hydrogen (secondary N) is 1. The van der Waals surface area contributed by atoms with E-state index in [0.29, 0.717) is 21.4 Å². The third-order valence-electron chi connectivity index (χ3n) is 4.76. The zero-order chi connectivity index (χ0) is 23.4. The molecule has 1 heterocycles. The van der Waals surface area contributed by atoms with Crippen LogP contribution in [-0.4, -0.2) is 34.4 Å². The van der Waals surface area contributed by atoms with E-state index in [9.17, 15) is 9.59 Å². The first-order chi connectivity index (χ1) is 15.2. The van der Waals surface area contributed by atoms with Crippen molar-refractivity contribution in [2.45, 2.75) is 33.3 Å². The molecule has 1 aliphatic heterocycles. The highest BCUT2D eigenvalue weighted by atomic mass is 35.5. The van der Waals surface area contributed by atoms with Crippen molar-refractivity contribution in [1.29, 1.82) is 0 Å². The number of hydrazine groups is 1. The molecule has 1 aliphatic rings. The number of hydrogen-bond donors (Lipinski definition) is 1. The summed E-state index contributed by atoms with van der Waals surface area (Å²) in [6.45, 7) is 5.90. The molecule has 1 atom stereocenters. The van der Waals surface area contributed by atoms with Gasteiger partial charge in [0, 0.05) is 0 Å². The molecule has 2 amide bonds. The maximum absolute atomic E-state index is 12.9. The van der Waals surface area contributed by atoms with Crippen molar-refractivity contribution in [2.24, 2.45) is 0 Å². The van der Waals surface area contributed by atoms with Gasteiger partial charge in [-0.3, -0.25) is 15.0 Å². The smallest absolute Gasteiger partial charge is 0.285 e. The number of rotatable bonds is 7. The van der Waals surface area contributed by atoms with Crippen molar-refractivity contribution in [2.75, 3.05) is 7.11 Å². The molecule has 0 bridgehead atoms. The first kappa shape index (κ1) is 24.1. The Balaban J connectivity index is 1.78. The van der Waals surface area contributed by atoms with Crippen LogP contribution in [0.5, 0.6) is 11.5 Å². The summed E-state index contributed by atoms with van der Waals surface area (Å²) >= 11 is 12.6. The lowest BCUT2D eigenvalue weighted by atomic mass is 10.1. The Morgan fingerprint density at radius 2 is 2.03 bits per heavy atom. The van der Waals surface area contributed by atoms with Crippen molar-refractivity contribution in [3.05, 3.63) is 63.0 Å². The number of thiocarbonyl (C=S) groups is 1. The van der Waals surface area contributed by atoms with E-state index in [1.54, 1.807) is 43.5 Å². The highest BCUT2D eigenvalue weighted by Gasteiger charge is 2.34. The summed E-state index contributed by atoms with van der Waals surface area (Å²) in [6.07, 6.45) is 2.61. The number of halogens is 1. The van der Waals surface area contributed by atoms with Crippen LogP contribution in [0, 0.1) is 6.92 Å². The predicted molar refractivity (Wildman–Crippen MR) is 132 cm³/mol. The van der Waals surface area contributed by atoms with E-state index in [-0.39, 0.29) is 16.0 Å². The number of hydrogen-bond acceptors (Lipinski definition) is 6. The molecule has 0 aliphatic carbocycles. The number of thioether (sulfide) groups is 1. The van der Waals surface area contributed by atoms with Crippen LogP contribution >= 0.6 is 35.6 Å². The van der Waals surface area contributed by atoms with Gasteiger partial charge >= 0.3 is 0 Å². The van der Waals surface area contributed by atoms with E-state index in [2.05, 4.69) is 5.43 Å². The lowest BCUT2D eigenvalue weighted by molar-refractivity contribution is -0.123. The maximum Gasteiger partial charge on any atom is 0.285 e. The van der Waals surface area contributed by atoms with Crippen LogP contribution in [-0.2, 0) is 4.79 Å². The van der Waals surface area contributed by atoms with Gasteiger partial charge in [-0.15, -0.1) is 0 Å². The molecule has 168 valence electrons. The molecule has 1 fully saturated rings. The number of carbonyl (C=O) groups excluding carboxylic acids is 2. The van der Waals surface area contributed by atoms with Gasteiger partial charge in [-0.05, 0) is 74.0 Å². The topological polar surface area (TPSA) is 67.9 Å². The molecule has 0 unspecified atom stereocenters. The number of benzene rings is 2. The maximum atomic E-state index is 12.9. The quantitative estimate of drug-likeness (QED) is 0.415. The van der Waals surface area contributed by atoms with E-state index in [1.165, 1.54) is 0 Å². The summed E-state index contributed by atoms with van der Waals surface area (Å²) in [4.78, 5) is 25.9. The average molecular weight is 491 g/mol. The van der Waals surface area contributed by atoms with Crippen molar-refractivity contribution >= 4 is 57.8 Å². The van der Waals surface area contributed by atoms with Crippen molar-refractivity contribution in [3.63, 3.8) is 0 Å². The summed E-state index contributed by atoms with van der Waals surface area (Å²) in [5.41, 5.74) is 4.47. The molecule has 1 N–H and O–H groups in total. The van der Waals surface area contributed by atoms with Gasteiger partial charge in [0.15, 0.2) is 15.8 Å². The summed E-state index contributed by atoms with van der Waals surface area (Å²) in [5, 5.41) is 1.36. The second kappa shape index (κ2) is 10.4. The van der Waals surface area contributed by atoms with Gasteiger partial charge in [0.2, 0.25) is 0 Å². The number of ether oxygens (including phenoxy) is 2. The Morgan fingerprint density at radius 3 is 2.69 bits per heavy atom. The summed E-state index contributed by atoms with van der Waals surface area (Å²) < 4.78 is 11.5. The summed E-state index contributed by atoms with van der Waals surface area (Å²) in [7, 11) is 1.56. The van der Waals surface area contributed by atoms with Crippen LogP contribution in [0.4, 0.5) is 0 Å². The van der Waals surface area contributed by atoms with Gasteiger partial charge in [0.25, 0.3) is 11.8 Å². The van der Waals surface area contributed by atoms with Gasteiger partial charge in [-0.1, -0.05) is 42.4 Å². The van der Waals surface area contributed by atoms with Crippen LogP contribution in [0.2, 0.25) is 5.02 Å². The predicted octanol–water partition coefficient (Wildman–Crippen LogP) is 5.38. The second-order valence-electron chi connectivity index (χ2n) is 7.19. The SMILES string of the molecule is CC[C@H](C)Oc1ccc(/C=C2\SC(=S)N(NC(=O)c3ccc(C)cc3Cl)C2=O)cc1OC. The van der Waals surface area contributed by atoms with Crippen LogP contribution in [0.25, 0.3) is 6.08 Å². The van der Waals surface area contributed by atoms with Crippen molar-refractivity contribution in [3.8, 4) is 11.5 Å². The van der Waals surface area contributed by atoms with E-state index in [4.69, 9.17) is 33.3 Å². The Kier molecular flexibility index (Phi) is 7.82. The molecule has 0 radical (unpaired) electrons. The standard InChI is InChI=1S/C23H23ClN2O4S2/c1-5-14(3)30-18-9-7-15(11-19(18)29-4)12-20-22(28)26(23(31)32-20)25-21(27)16-8-6-13(2)10-17(16)24/h6-12,14H,5H2,1-4H3,(H,25,27)/b20-12-/t14-/m0/s1. The van der Waals surface area contributed by atoms with Crippen LogP contribution in [0.1, 0.15) is 41.8 Å². The zero-order valence-corrected chi connectivity index (χ0v) is 20.5. The number of amides is 2. The number of nitrogens with zero attached hydrogens (tertiary/aromatic N) is 1. The van der Waals surface area contributed by atoms with E-state index < -0.39 is 11.8 Å². The molecule has 3 rings (SSSR count). The number of carbonyl (C=O) groups is 2. The third kappa shape index (κ3) is 5.43. The number of methoxy groups -OCH3 is 1. The van der Waals surface area contributed by atoms with Crippen molar-refractivity contribution in [1.82, 2.24) is 10.4 Å². The van der Waals surface area contributed by atoms with Gasteiger partial charge < -0.3 is 9.47 Å². The molecule has 2 aromatic carbocycles. The van der Waals surface area contributed by atoms with Crippen LogP contribution < -0.4 is 14.9 Å². The van der Waals surface area contributed by atoms with E-state index in [0.717, 1.165) is 34.3 Å². The summed E-state index contributed by atoms with van der Waals surface area (Å²) in [5.74, 6) is 0.266. The zero-order valence-electron chi connectivity index (χ0n) is 18.1. The summed E-state index contributed by atoms with van der Waals surface area (Å²) in [6, 6.07) is 10.5. The molecule has 32 heavy (non-hydrogen) atoms. The Labute approximate surface area is 201 Å². The van der Waals surface area contributed by atoms with E-state index >= 15 is 0 Å². The Morgan fingerprint density at radius 1 is 1.28 bits per heavy atom. The van der Waals surface area contributed by atoms with Crippen LogP contribution in [0.15, 0.2) is 41.3 Å². The normalized spacial score (nSPS) is 15.8. The minimum atomic E-state index is -0.513. The van der Waals surface area contributed by atoms with Crippen LogP contribution in [0.3, 0.4) is 0 Å².